The van der Waals surface area contributed by atoms with Gasteiger partial charge in [-0.2, -0.15) is 0 Å². The molecule has 0 saturated heterocycles. The zero-order valence-electron chi connectivity index (χ0n) is 13.2. The Balaban J connectivity index is 1.66. The second-order valence-electron chi connectivity index (χ2n) is 5.41. The summed E-state index contributed by atoms with van der Waals surface area (Å²) < 4.78 is 18.6. The molecular weight excluding hydrogens is 311 g/mol. The first-order valence-electron chi connectivity index (χ1n) is 7.69. The molecule has 1 atom stereocenters. The maximum atomic E-state index is 13.1. The van der Waals surface area contributed by atoms with E-state index in [0.717, 1.165) is 5.56 Å². The van der Waals surface area contributed by atoms with Crippen molar-refractivity contribution in [1.82, 2.24) is 5.32 Å². The Morgan fingerprint density at radius 3 is 2.67 bits per heavy atom. The molecule has 0 aliphatic rings. The number of amides is 1. The molecule has 2 rings (SSSR count). The standard InChI is InChI=1S/C18H21FN2O3/c19-15-3-1-2-14(11-15)17(22)12-21-8-9-24-16-6-4-13(5-7-16)10-18(20)23/h1-7,11,17,21-22H,8-10,12H2,(H2,20,23). The van der Waals surface area contributed by atoms with E-state index in [1.807, 2.05) is 0 Å². The van der Waals surface area contributed by atoms with Crippen LogP contribution in [0.1, 0.15) is 17.2 Å². The molecule has 2 aromatic rings. The van der Waals surface area contributed by atoms with Gasteiger partial charge in [-0.25, -0.2) is 4.39 Å². The van der Waals surface area contributed by atoms with Crippen molar-refractivity contribution in [2.45, 2.75) is 12.5 Å². The fourth-order valence-corrected chi connectivity index (χ4v) is 2.22. The molecular formula is C18H21FN2O3. The average Bonchev–Trinajstić information content (AvgIpc) is 2.55. The number of aliphatic hydroxyl groups excluding tert-OH is 1. The van der Waals surface area contributed by atoms with Crippen LogP contribution >= 0.6 is 0 Å². The van der Waals surface area contributed by atoms with E-state index in [1.54, 1.807) is 36.4 Å². The zero-order chi connectivity index (χ0) is 17.4. The number of carbonyl (C=O) groups is 1. The van der Waals surface area contributed by atoms with Gasteiger partial charge >= 0.3 is 0 Å². The van der Waals surface area contributed by atoms with Crippen LogP contribution < -0.4 is 15.8 Å². The number of hydrogen-bond acceptors (Lipinski definition) is 4. The third-order valence-electron chi connectivity index (χ3n) is 3.42. The first-order chi connectivity index (χ1) is 11.5. The molecule has 4 N–H and O–H groups in total. The Morgan fingerprint density at radius 1 is 1.25 bits per heavy atom. The van der Waals surface area contributed by atoms with Gasteiger partial charge < -0.3 is 20.9 Å². The number of benzene rings is 2. The van der Waals surface area contributed by atoms with Crippen molar-refractivity contribution in [2.24, 2.45) is 5.73 Å². The smallest absolute Gasteiger partial charge is 0.221 e. The van der Waals surface area contributed by atoms with Crippen molar-refractivity contribution in [3.05, 3.63) is 65.5 Å². The molecule has 6 heteroatoms. The summed E-state index contributed by atoms with van der Waals surface area (Å²) in [5, 5.41) is 13.0. The van der Waals surface area contributed by atoms with Gasteiger partial charge in [0.25, 0.3) is 0 Å². The molecule has 2 aromatic carbocycles. The van der Waals surface area contributed by atoms with Gasteiger partial charge in [-0.1, -0.05) is 24.3 Å². The molecule has 0 aliphatic carbocycles. The summed E-state index contributed by atoms with van der Waals surface area (Å²) in [7, 11) is 0. The van der Waals surface area contributed by atoms with Crippen LogP contribution in [-0.2, 0) is 11.2 Å². The van der Waals surface area contributed by atoms with Gasteiger partial charge in [0.2, 0.25) is 5.91 Å². The van der Waals surface area contributed by atoms with Crippen molar-refractivity contribution in [2.75, 3.05) is 19.7 Å². The Morgan fingerprint density at radius 2 is 2.00 bits per heavy atom. The summed E-state index contributed by atoms with van der Waals surface area (Å²) in [6, 6.07) is 13.0. The number of hydrogen-bond donors (Lipinski definition) is 3. The minimum atomic E-state index is -0.770. The highest BCUT2D eigenvalue weighted by Crippen LogP contribution is 2.13. The summed E-state index contributed by atoms with van der Waals surface area (Å²) >= 11 is 0. The SMILES string of the molecule is NC(=O)Cc1ccc(OCCNCC(O)c2cccc(F)c2)cc1. The van der Waals surface area contributed by atoms with Gasteiger partial charge in [0.05, 0.1) is 12.5 Å². The van der Waals surface area contributed by atoms with Gasteiger partial charge in [-0.15, -0.1) is 0 Å². The lowest BCUT2D eigenvalue weighted by Crippen LogP contribution is -2.26. The Kier molecular flexibility index (Phi) is 6.72. The van der Waals surface area contributed by atoms with Crippen molar-refractivity contribution >= 4 is 5.91 Å². The lowest BCUT2D eigenvalue weighted by atomic mass is 10.1. The molecule has 0 heterocycles. The average molecular weight is 332 g/mol. The minimum Gasteiger partial charge on any atom is -0.492 e. The van der Waals surface area contributed by atoms with Crippen molar-refractivity contribution in [3.63, 3.8) is 0 Å². The molecule has 0 spiro atoms. The second-order valence-corrected chi connectivity index (χ2v) is 5.41. The lowest BCUT2D eigenvalue weighted by Gasteiger charge is -2.13. The molecule has 0 radical (unpaired) electrons. The largest absolute Gasteiger partial charge is 0.492 e. The number of aliphatic hydroxyl groups is 1. The van der Waals surface area contributed by atoms with Crippen molar-refractivity contribution < 1.29 is 19.0 Å². The molecule has 0 bridgehead atoms. The fourth-order valence-electron chi connectivity index (χ4n) is 2.22. The van der Waals surface area contributed by atoms with Crippen molar-refractivity contribution in [3.8, 4) is 5.75 Å². The van der Waals surface area contributed by atoms with E-state index in [-0.39, 0.29) is 18.1 Å². The Labute approximate surface area is 140 Å². The number of rotatable bonds is 9. The first kappa shape index (κ1) is 17.9. The molecule has 1 amide bonds. The number of primary amides is 1. The molecule has 0 saturated carbocycles. The van der Waals surface area contributed by atoms with E-state index < -0.39 is 6.10 Å². The minimum absolute atomic E-state index is 0.208. The van der Waals surface area contributed by atoms with Crippen molar-refractivity contribution in [1.29, 1.82) is 0 Å². The highest BCUT2D eigenvalue weighted by atomic mass is 19.1. The summed E-state index contributed by atoms with van der Waals surface area (Å²) in [5.41, 5.74) is 6.51. The van der Waals surface area contributed by atoms with E-state index in [4.69, 9.17) is 10.5 Å². The molecule has 1 unspecified atom stereocenters. The second kappa shape index (κ2) is 9.00. The van der Waals surface area contributed by atoms with Gasteiger partial charge in [0.1, 0.15) is 18.2 Å². The monoisotopic (exact) mass is 332 g/mol. The Bertz CT molecular complexity index is 662. The molecule has 24 heavy (non-hydrogen) atoms. The highest BCUT2D eigenvalue weighted by molar-refractivity contribution is 5.76. The van der Waals surface area contributed by atoms with Gasteiger partial charge in [-0.05, 0) is 35.4 Å². The van der Waals surface area contributed by atoms with Gasteiger partial charge in [0, 0.05) is 13.1 Å². The predicted molar refractivity (Wildman–Crippen MR) is 89.1 cm³/mol. The number of carbonyl (C=O) groups excluding carboxylic acids is 1. The predicted octanol–water partition coefficient (Wildman–Crippen LogP) is 1.56. The van der Waals surface area contributed by atoms with E-state index in [2.05, 4.69) is 5.32 Å². The van der Waals surface area contributed by atoms with Crippen LogP contribution in [0.4, 0.5) is 4.39 Å². The normalized spacial score (nSPS) is 11.9. The fraction of sp³-hybridized carbons (Fsp3) is 0.278. The van der Waals surface area contributed by atoms with Crippen LogP contribution in [0.5, 0.6) is 5.75 Å². The number of ether oxygens (including phenoxy) is 1. The van der Waals surface area contributed by atoms with Crippen LogP contribution in [0, 0.1) is 5.82 Å². The third kappa shape index (κ3) is 5.98. The van der Waals surface area contributed by atoms with E-state index in [1.165, 1.54) is 12.1 Å². The summed E-state index contributed by atoms with van der Waals surface area (Å²) in [4.78, 5) is 10.8. The summed E-state index contributed by atoms with van der Waals surface area (Å²) in [5.74, 6) is -0.0462. The van der Waals surface area contributed by atoms with Gasteiger partial charge in [0.15, 0.2) is 0 Å². The van der Waals surface area contributed by atoms with E-state index in [9.17, 15) is 14.3 Å². The Hall–Kier alpha value is -2.44. The van der Waals surface area contributed by atoms with Crippen LogP contribution in [-0.4, -0.2) is 30.7 Å². The quantitative estimate of drug-likeness (QED) is 0.608. The summed E-state index contributed by atoms with van der Waals surface area (Å²) in [6.45, 7) is 1.27. The zero-order valence-corrected chi connectivity index (χ0v) is 13.2. The lowest BCUT2D eigenvalue weighted by molar-refractivity contribution is -0.117. The summed E-state index contributed by atoms with van der Waals surface area (Å²) in [6.07, 6.45) is -0.562. The highest BCUT2D eigenvalue weighted by Gasteiger charge is 2.07. The van der Waals surface area contributed by atoms with Crippen LogP contribution in [0.3, 0.4) is 0 Å². The molecule has 0 fully saturated rings. The van der Waals surface area contributed by atoms with E-state index in [0.29, 0.717) is 31.0 Å². The third-order valence-corrected chi connectivity index (χ3v) is 3.42. The topological polar surface area (TPSA) is 84.6 Å². The number of halogens is 1. The van der Waals surface area contributed by atoms with Crippen LogP contribution in [0.15, 0.2) is 48.5 Å². The van der Waals surface area contributed by atoms with E-state index >= 15 is 0 Å². The molecule has 128 valence electrons. The number of nitrogens with two attached hydrogens (primary N) is 1. The first-order valence-corrected chi connectivity index (χ1v) is 7.69. The molecule has 0 aromatic heterocycles. The van der Waals surface area contributed by atoms with Crippen LogP contribution in [0.2, 0.25) is 0 Å². The number of nitrogens with one attached hydrogen (secondary N) is 1. The molecule has 5 nitrogen and oxygen atoms in total. The maximum Gasteiger partial charge on any atom is 0.221 e. The van der Waals surface area contributed by atoms with Gasteiger partial charge in [-0.3, -0.25) is 4.79 Å². The van der Waals surface area contributed by atoms with Crippen LogP contribution in [0.25, 0.3) is 0 Å². The molecule has 0 aliphatic heterocycles. The maximum absolute atomic E-state index is 13.1.